The third-order valence-electron chi connectivity index (χ3n) is 4.14. The summed E-state index contributed by atoms with van der Waals surface area (Å²) in [4.78, 5) is 0. The van der Waals surface area contributed by atoms with E-state index in [1.807, 2.05) is 0 Å². The van der Waals surface area contributed by atoms with E-state index in [0.717, 1.165) is 26.1 Å². The molecule has 0 amide bonds. The third kappa shape index (κ3) is 11.1. The van der Waals surface area contributed by atoms with Crippen LogP contribution in [0.3, 0.4) is 0 Å². The number of unbranched alkanes of at least 4 members (excludes halogenated alkanes) is 1. The molecule has 0 aliphatic heterocycles. The largest absolute Gasteiger partial charge is 0.382 e. The van der Waals surface area contributed by atoms with Gasteiger partial charge in [0, 0.05) is 20.3 Å². The maximum Gasteiger partial charge on any atom is 0.0701 e. The molecule has 0 rings (SSSR count). The molecule has 1 unspecified atom stereocenters. The lowest BCUT2D eigenvalue weighted by atomic mass is 9.77. The Morgan fingerprint density at radius 2 is 1.52 bits per heavy atom. The fourth-order valence-corrected chi connectivity index (χ4v) is 2.48. The average Bonchev–Trinajstić information content (AvgIpc) is 2.52. The van der Waals surface area contributed by atoms with Crippen LogP contribution in [0.15, 0.2) is 0 Å². The fraction of sp³-hybridized carbons (Fsp3) is 1.00. The van der Waals surface area contributed by atoms with E-state index in [0.29, 0.717) is 31.8 Å². The topological polar surface area (TPSA) is 39.7 Å². The monoisotopic (exact) mass is 303 g/mol. The molecule has 21 heavy (non-hydrogen) atoms. The van der Waals surface area contributed by atoms with Crippen molar-refractivity contribution in [3.8, 4) is 0 Å². The smallest absolute Gasteiger partial charge is 0.0701 e. The van der Waals surface area contributed by atoms with E-state index in [9.17, 15) is 0 Å². The van der Waals surface area contributed by atoms with Crippen molar-refractivity contribution >= 4 is 0 Å². The van der Waals surface area contributed by atoms with Crippen LogP contribution in [0.25, 0.3) is 0 Å². The molecule has 0 aromatic carbocycles. The molecule has 0 aromatic heterocycles. The van der Waals surface area contributed by atoms with Crippen LogP contribution < -0.4 is 5.32 Å². The van der Waals surface area contributed by atoms with E-state index in [-0.39, 0.29) is 0 Å². The van der Waals surface area contributed by atoms with E-state index in [4.69, 9.17) is 14.2 Å². The first-order chi connectivity index (χ1) is 10.2. The van der Waals surface area contributed by atoms with Crippen LogP contribution in [0.1, 0.15) is 52.9 Å². The van der Waals surface area contributed by atoms with Crippen molar-refractivity contribution in [2.75, 3.05) is 53.2 Å². The molecular weight excluding hydrogens is 266 g/mol. The Bertz CT molecular complexity index is 204. The number of rotatable bonds is 16. The number of ether oxygens (including phenoxy) is 3. The fourth-order valence-electron chi connectivity index (χ4n) is 2.48. The summed E-state index contributed by atoms with van der Waals surface area (Å²) in [5, 5.41) is 3.53. The van der Waals surface area contributed by atoms with Crippen molar-refractivity contribution in [1.82, 2.24) is 5.32 Å². The Morgan fingerprint density at radius 1 is 0.857 bits per heavy atom. The predicted molar refractivity (Wildman–Crippen MR) is 88.9 cm³/mol. The predicted octanol–water partition coefficient (Wildman–Crippen LogP) is 3.25. The zero-order valence-electron chi connectivity index (χ0n) is 14.7. The summed E-state index contributed by atoms with van der Waals surface area (Å²) >= 11 is 0. The van der Waals surface area contributed by atoms with Gasteiger partial charge >= 0.3 is 0 Å². The molecule has 0 saturated heterocycles. The molecule has 0 aliphatic rings. The minimum absolute atomic E-state index is 0.392. The van der Waals surface area contributed by atoms with Gasteiger partial charge in [-0.25, -0.2) is 0 Å². The van der Waals surface area contributed by atoms with E-state index in [2.05, 4.69) is 26.1 Å². The van der Waals surface area contributed by atoms with Crippen molar-refractivity contribution in [3.05, 3.63) is 0 Å². The molecule has 1 atom stereocenters. The second kappa shape index (κ2) is 14.8. The quantitative estimate of drug-likeness (QED) is 0.444. The van der Waals surface area contributed by atoms with Gasteiger partial charge in [0.25, 0.3) is 0 Å². The van der Waals surface area contributed by atoms with Crippen molar-refractivity contribution in [2.45, 2.75) is 52.9 Å². The molecule has 4 heteroatoms. The van der Waals surface area contributed by atoms with E-state index in [1.54, 1.807) is 7.11 Å². The van der Waals surface area contributed by atoms with Gasteiger partial charge in [-0.3, -0.25) is 0 Å². The first-order valence-corrected chi connectivity index (χ1v) is 8.59. The Morgan fingerprint density at radius 3 is 2.10 bits per heavy atom. The van der Waals surface area contributed by atoms with Gasteiger partial charge in [-0.05, 0) is 31.2 Å². The normalized spacial score (nSPS) is 14.3. The zero-order valence-corrected chi connectivity index (χ0v) is 14.7. The van der Waals surface area contributed by atoms with Gasteiger partial charge < -0.3 is 19.5 Å². The van der Waals surface area contributed by atoms with Crippen molar-refractivity contribution < 1.29 is 14.2 Å². The second-order valence-electron chi connectivity index (χ2n) is 5.70. The van der Waals surface area contributed by atoms with E-state index >= 15 is 0 Å². The molecule has 0 aromatic rings. The van der Waals surface area contributed by atoms with Crippen LogP contribution in [0.4, 0.5) is 0 Å². The van der Waals surface area contributed by atoms with Gasteiger partial charge in [0.15, 0.2) is 0 Å². The minimum atomic E-state index is 0.392. The maximum absolute atomic E-state index is 5.74. The van der Waals surface area contributed by atoms with Crippen molar-refractivity contribution in [1.29, 1.82) is 0 Å². The molecule has 0 saturated carbocycles. The summed E-state index contributed by atoms with van der Waals surface area (Å²) in [6.45, 7) is 12.4. The summed E-state index contributed by atoms with van der Waals surface area (Å²) < 4.78 is 16.1. The highest BCUT2D eigenvalue weighted by atomic mass is 16.5. The van der Waals surface area contributed by atoms with Crippen molar-refractivity contribution in [2.24, 2.45) is 5.41 Å². The SMILES string of the molecule is CCCCC(CC)(CCOCCOCCOC)CNCC. The lowest BCUT2D eigenvalue weighted by molar-refractivity contribution is 0.0149. The van der Waals surface area contributed by atoms with Crippen LogP contribution in [-0.2, 0) is 14.2 Å². The molecule has 0 heterocycles. The Balaban J connectivity index is 3.88. The Labute approximate surface area is 131 Å². The Hall–Kier alpha value is -0.160. The van der Waals surface area contributed by atoms with Crippen LogP contribution in [0, 0.1) is 5.41 Å². The van der Waals surface area contributed by atoms with Crippen molar-refractivity contribution in [3.63, 3.8) is 0 Å². The third-order valence-corrected chi connectivity index (χ3v) is 4.14. The summed E-state index contributed by atoms with van der Waals surface area (Å²) in [7, 11) is 1.69. The standard InChI is InChI=1S/C17H37NO3/c1-5-8-9-17(6-2,16-18-7-3)10-11-20-14-15-21-13-12-19-4/h18H,5-16H2,1-4H3. The van der Waals surface area contributed by atoms with Crippen LogP contribution in [0.5, 0.6) is 0 Å². The lowest BCUT2D eigenvalue weighted by Gasteiger charge is -2.33. The van der Waals surface area contributed by atoms with E-state index in [1.165, 1.54) is 25.7 Å². The minimum Gasteiger partial charge on any atom is -0.382 e. The van der Waals surface area contributed by atoms with Gasteiger partial charge in [0.1, 0.15) is 0 Å². The highest BCUT2D eigenvalue weighted by molar-refractivity contribution is 4.80. The van der Waals surface area contributed by atoms with Gasteiger partial charge in [0.2, 0.25) is 0 Å². The lowest BCUT2D eigenvalue weighted by Crippen LogP contribution is -2.35. The van der Waals surface area contributed by atoms with Gasteiger partial charge in [-0.15, -0.1) is 0 Å². The van der Waals surface area contributed by atoms with Crippen LogP contribution in [-0.4, -0.2) is 53.2 Å². The molecule has 0 fully saturated rings. The molecule has 4 nitrogen and oxygen atoms in total. The Kier molecular flexibility index (Phi) is 14.7. The average molecular weight is 303 g/mol. The van der Waals surface area contributed by atoms with Crippen LogP contribution in [0.2, 0.25) is 0 Å². The molecule has 1 N–H and O–H groups in total. The summed E-state index contributed by atoms with van der Waals surface area (Å²) in [5.41, 5.74) is 0.392. The van der Waals surface area contributed by atoms with Crippen LogP contribution >= 0.6 is 0 Å². The molecule has 0 spiro atoms. The number of methoxy groups -OCH3 is 1. The number of hydrogen-bond donors (Lipinski definition) is 1. The molecule has 0 bridgehead atoms. The molecule has 0 radical (unpaired) electrons. The first-order valence-electron chi connectivity index (χ1n) is 8.59. The summed E-state index contributed by atoms with van der Waals surface area (Å²) in [6, 6.07) is 0. The first kappa shape index (κ1) is 20.8. The van der Waals surface area contributed by atoms with E-state index < -0.39 is 0 Å². The van der Waals surface area contributed by atoms with Gasteiger partial charge in [-0.2, -0.15) is 0 Å². The van der Waals surface area contributed by atoms with Gasteiger partial charge in [0.05, 0.1) is 26.4 Å². The molecule has 128 valence electrons. The highest BCUT2D eigenvalue weighted by Gasteiger charge is 2.26. The maximum atomic E-state index is 5.74. The molecule has 0 aliphatic carbocycles. The molecular formula is C17H37NO3. The summed E-state index contributed by atoms with van der Waals surface area (Å²) in [6.07, 6.45) is 6.21. The second-order valence-corrected chi connectivity index (χ2v) is 5.70. The zero-order chi connectivity index (χ0) is 15.8. The summed E-state index contributed by atoms with van der Waals surface area (Å²) in [5.74, 6) is 0. The number of hydrogen-bond acceptors (Lipinski definition) is 4. The van der Waals surface area contributed by atoms with Gasteiger partial charge in [-0.1, -0.05) is 33.6 Å². The number of nitrogens with one attached hydrogen (secondary N) is 1. The highest BCUT2D eigenvalue weighted by Crippen LogP contribution is 2.32.